The van der Waals surface area contributed by atoms with E-state index in [-0.39, 0.29) is 0 Å². The Morgan fingerprint density at radius 1 is 0.600 bits per heavy atom. The van der Waals surface area contributed by atoms with Gasteiger partial charge >= 0.3 is 0 Å². The van der Waals surface area contributed by atoms with Crippen LogP contribution in [0.25, 0.3) is 0 Å². The third kappa shape index (κ3) is 9.56. The van der Waals surface area contributed by atoms with Crippen molar-refractivity contribution in [2.24, 2.45) is 5.92 Å². The molecule has 0 N–H and O–H groups in total. The van der Waals surface area contributed by atoms with E-state index < -0.39 is 0 Å². The van der Waals surface area contributed by atoms with Crippen LogP contribution in [0.5, 0.6) is 0 Å². The maximum Gasteiger partial charge on any atom is 0.103 e. The Labute approximate surface area is 159 Å². The summed E-state index contributed by atoms with van der Waals surface area (Å²) in [6.45, 7) is 11.8. The Balaban J connectivity index is 2.10. The minimum Gasteiger partial charge on any atom is -0.356 e. The molecule has 148 valence electrons. The van der Waals surface area contributed by atoms with Gasteiger partial charge in [-0.25, -0.2) is 0 Å². The van der Waals surface area contributed by atoms with E-state index in [1.165, 1.54) is 96.6 Å². The Kier molecular flexibility index (Phi) is 13.0. The van der Waals surface area contributed by atoms with Gasteiger partial charge in [-0.15, -0.1) is 0 Å². The van der Waals surface area contributed by atoms with Crippen molar-refractivity contribution < 1.29 is 0 Å². The molecule has 1 atom stereocenters. The molecule has 0 bridgehead atoms. The second-order valence-corrected chi connectivity index (χ2v) is 8.32. The van der Waals surface area contributed by atoms with Gasteiger partial charge in [-0.05, 0) is 18.8 Å². The van der Waals surface area contributed by atoms with Crippen molar-refractivity contribution >= 4 is 0 Å². The molecule has 1 rings (SSSR count). The second-order valence-electron chi connectivity index (χ2n) is 8.32. The molecule has 0 saturated heterocycles. The van der Waals surface area contributed by atoms with E-state index in [1.807, 2.05) is 0 Å². The molecule has 0 spiro atoms. The van der Waals surface area contributed by atoms with E-state index in [1.54, 1.807) is 0 Å². The average Bonchev–Trinajstić information content (AvgIpc) is 3.00. The van der Waals surface area contributed by atoms with Crippen molar-refractivity contribution in [3.63, 3.8) is 0 Å². The maximum atomic E-state index is 2.60. The van der Waals surface area contributed by atoms with Crippen LogP contribution < -0.4 is 0 Å². The minimum atomic E-state index is 0.593. The molecular formula is C23H46N2. The van der Waals surface area contributed by atoms with E-state index >= 15 is 0 Å². The molecule has 2 nitrogen and oxygen atoms in total. The van der Waals surface area contributed by atoms with Crippen molar-refractivity contribution in [3.8, 4) is 0 Å². The molecule has 1 aliphatic rings. The van der Waals surface area contributed by atoms with Crippen LogP contribution in [0.15, 0.2) is 12.4 Å². The predicted octanol–water partition coefficient (Wildman–Crippen LogP) is 7.17. The number of rotatable bonds is 16. The monoisotopic (exact) mass is 350 g/mol. The molecule has 25 heavy (non-hydrogen) atoms. The molecule has 1 heterocycles. The van der Waals surface area contributed by atoms with E-state index in [9.17, 15) is 0 Å². The number of hydrogen-bond acceptors (Lipinski definition) is 2. The molecule has 0 aliphatic carbocycles. The molecule has 0 aromatic heterocycles. The first-order chi connectivity index (χ1) is 12.2. The van der Waals surface area contributed by atoms with Gasteiger partial charge in [0.1, 0.15) is 6.17 Å². The number of hydrogen-bond donors (Lipinski definition) is 0. The minimum absolute atomic E-state index is 0.593. The lowest BCUT2D eigenvalue weighted by atomic mass is 10.1. The van der Waals surface area contributed by atoms with Gasteiger partial charge in [-0.1, -0.05) is 98.3 Å². The highest BCUT2D eigenvalue weighted by Gasteiger charge is 2.27. The molecule has 2 heteroatoms. The summed E-state index contributed by atoms with van der Waals surface area (Å²) in [5.74, 6) is 0.694. The van der Waals surface area contributed by atoms with Gasteiger partial charge in [0, 0.05) is 25.5 Å². The predicted molar refractivity (Wildman–Crippen MR) is 113 cm³/mol. The fourth-order valence-corrected chi connectivity index (χ4v) is 4.04. The first kappa shape index (κ1) is 22.4. The van der Waals surface area contributed by atoms with Gasteiger partial charge in [-0.2, -0.15) is 0 Å². The van der Waals surface area contributed by atoms with Crippen molar-refractivity contribution in [1.82, 2.24) is 9.80 Å². The third-order valence-electron chi connectivity index (χ3n) is 5.52. The Morgan fingerprint density at radius 2 is 0.960 bits per heavy atom. The summed E-state index contributed by atoms with van der Waals surface area (Å²) >= 11 is 0. The van der Waals surface area contributed by atoms with Crippen LogP contribution in [0.2, 0.25) is 0 Å². The fourth-order valence-electron chi connectivity index (χ4n) is 4.04. The third-order valence-corrected chi connectivity index (χ3v) is 5.52. The lowest BCUT2D eigenvalue weighted by molar-refractivity contribution is 0.104. The zero-order valence-electron chi connectivity index (χ0n) is 17.8. The van der Waals surface area contributed by atoms with E-state index in [0.29, 0.717) is 12.1 Å². The van der Waals surface area contributed by atoms with Crippen LogP contribution in [0, 0.1) is 5.92 Å². The quantitative estimate of drug-likeness (QED) is 0.272. The van der Waals surface area contributed by atoms with Gasteiger partial charge in [0.05, 0.1) is 0 Å². The first-order valence-electron chi connectivity index (χ1n) is 11.4. The van der Waals surface area contributed by atoms with E-state index in [4.69, 9.17) is 0 Å². The fraction of sp³-hybridized carbons (Fsp3) is 0.913. The zero-order chi connectivity index (χ0) is 18.3. The normalized spacial score (nSPS) is 17.2. The zero-order valence-corrected chi connectivity index (χ0v) is 17.8. The second kappa shape index (κ2) is 14.5. The van der Waals surface area contributed by atoms with Gasteiger partial charge in [0.15, 0.2) is 0 Å². The van der Waals surface area contributed by atoms with Gasteiger partial charge in [0.2, 0.25) is 0 Å². The van der Waals surface area contributed by atoms with Crippen molar-refractivity contribution in [3.05, 3.63) is 12.4 Å². The topological polar surface area (TPSA) is 6.48 Å². The molecule has 0 aromatic rings. The van der Waals surface area contributed by atoms with Crippen molar-refractivity contribution in [2.45, 2.75) is 117 Å². The summed E-state index contributed by atoms with van der Waals surface area (Å²) in [5.41, 5.74) is 0. The van der Waals surface area contributed by atoms with Crippen LogP contribution in [0.1, 0.15) is 111 Å². The average molecular weight is 351 g/mol. The molecule has 0 amide bonds. The van der Waals surface area contributed by atoms with Gasteiger partial charge < -0.3 is 9.80 Å². The van der Waals surface area contributed by atoms with E-state index in [2.05, 4.69) is 49.9 Å². The first-order valence-corrected chi connectivity index (χ1v) is 11.4. The Morgan fingerprint density at radius 3 is 1.40 bits per heavy atom. The summed E-state index contributed by atoms with van der Waals surface area (Å²) in [6.07, 6.45) is 23.5. The van der Waals surface area contributed by atoms with Gasteiger partial charge in [0.25, 0.3) is 0 Å². The highest BCUT2D eigenvalue weighted by Crippen LogP contribution is 2.24. The van der Waals surface area contributed by atoms with Crippen LogP contribution in [-0.4, -0.2) is 29.1 Å². The molecular weight excluding hydrogens is 304 g/mol. The Hall–Kier alpha value is -0.660. The summed E-state index contributed by atoms with van der Waals surface area (Å²) in [4.78, 5) is 5.18. The number of nitrogens with zero attached hydrogens (tertiary/aromatic N) is 2. The largest absolute Gasteiger partial charge is 0.356 e. The molecule has 0 radical (unpaired) electrons. The summed E-state index contributed by atoms with van der Waals surface area (Å²) in [5, 5.41) is 0. The van der Waals surface area contributed by atoms with Crippen molar-refractivity contribution in [1.29, 1.82) is 0 Å². The van der Waals surface area contributed by atoms with Crippen LogP contribution >= 0.6 is 0 Å². The summed E-state index contributed by atoms with van der Waals surface area (Å²) < 4.78 is 0. The van der Waals surface area contributed by atoms with Crippen molar-refractivity contribution in [2.75, 3.05) is 13.1 Å². The lowest BCUT2D eigenvalue weighted by Gasteiger charge is -2.36. The van der Waals surface area contributed by atoms with Crippen LogP contribution in [0.4, 0.5) is 0 Å². The smallest absolute Gasteiger partial charge is 0.103 e. The summed E-state index contributed by atoms with van der Waals surface area (Å²) in [7, 11) is 0. The van der Waals surface area contributed by atoms with Crippen LogP contribution in [-0.2, 0) is 0 Å². The van der Waals surface area contributed by atoms with E-state index in [0.717, 1.165) is 0 Å². The Bertz CT molecular complexity index is 324. The standard InChI is InChI=1S/C23H46N2/c1-5-7-9-10-11-12-13-14-15-17-19-25-21-20-24(18-16-8-6-2)23(25)22(3)4/h20-23H,5-19H2,1-4H3. The SMILES string of the molecule is CCCCCCCCCCCCN1C=CN(CCCCC)C1C(C)C. The summed E-state index contributed by atoms with van der Waals surface area (Å²) in [6, 6.07) is 0. The molecule has 0 saturated carbocycles. The number of unbranched alkanes of at least 4 members (excludes halogenated alkanes) is 11. The van der Waals surface area contributed by atoms with Crippen LogP contribution in [0.3, 0.4) is 0 Å². The molecule has 1 aliphatic heterocycles. The molecule has 1 unspecified atom stereocenters. The molecule has 0 fully saturated rings. The highest BCUT2D eigenvalue weighted by molar-refractivity contribution is 4.98. The molecule has 0 aromatic carbocycles. The lowest BCUT2D eigenvalue weighted by Crippen LogP contribution is -2.43. The highest BCUT2D eigenvalue weighted by atomic mass is 15.4. The maximum absolute atomic E-state index is 2.60. The van der Waals surface area contributed by atoms with Gasteiger partial charge in [-0.3, -0.25) is 0 Å².